The zero-order valence-electron chi connectivity index (χ0n) is 8.87. The van der Waals surface area contributed by atoms with Crippen molar-refractivity contribution in [2.45, 2.75) is 40.0 Å². The van der Waals surface area contributed by atoms with Gasteiger partial charge in [-0.2, -0.15) is 0 Å². The molecule has 0 aromatic heterocycles. The van der Waals surface area contributed by atoms with Crippen LogP contribution in [0, 0.1) is 0 Å². The van der Waals surface area contributed by atoms with Crippen molar-refractivity contribution in [3.63, 3.8) is 0 Å². The van der Waals surface area contributed by atoms with Crippen molar-refractivity contribution in [2.75, 3.05) is 13.2 Å². The second-order valence-electron chi connectivity index (χ2n) is 2.62. The van der Waals surface area contributed by atoms with E-state index in [0.29, 0.717) is 19.3 Å². The lowest BCUT2D eigenvalue weighted by Gasteiger charge is -2.28. The maximum Gasteiger partial charge on any atom is 0.502 e. The zero-order chi connectivity index (χ0) is 10.3. The highest BCUT2D eigenvalue weighted by atomic mass is 28.4. The Morgan fingerprint density at radius 1 is 1.15 bits per heavy atom. The molecule has 0 radical (unpaired) electrons. The van der Waals surface area contributed by atoms with Crippen molar-refractivity contribution in [2.24, 2.45) is 0 Å². The Morgan fingerprint density at radius 3 is 1.85 bits per heavy atom. The van der Waals surface area contributed by atoms with Crippen LogP contribution in [0.2, 0.25) is 6.04 Å². The third kappa shape index (κ3) is 4.73. The first-order chi connectivity index (χ1) is 6.10. The summed E-state index contributed by atoms with van der Waals surface area (Å²) in [5.41, 5.74) is 0. The Morgan fingerprint density at radius 2 is 1.62 bits per heavy atom. The van der Waals surface area contributed by atoms with Gasteiger partial charge in [0.25, 0.3) is 0 Å². The molecule has 0 bridgehead atoms. The summed E-state index contributed by atoms with van der Waals surface area (Å²) in [6.45, 7) is 8.39. The van der Waals surface area contributed by atoms with Gasteiger partial charge in [0.15, 0.2) is 0 Å². The Bertz CT molecular complexity index is 123. The van der Waals surface area contributed by atoms with Crippen molar-refractivity contribution >= 4 is 8.80 Å². The monoisotopic (exact) mass is 208 g/mol. The summed E-state index contributed by atoms with van der Waals surface area (Å²) in [6, 6.07) is 0.680. The normalized spacial score (nSPS) is 14.5. The first-order valence-corrected chi connectivity index (χ1v) is 6.67. The van der Waals surface area contributed by atoms with E-state index in [-0.39, 0.29) is 0 Å². The fourth-order valence-electron chi connectivity index (χ4n) is 1.10. The lowest BCUT2D eigenvalue weighted by atomic mass is 10.8. The Labute approximate surface area is 81.2 Å². The van der Waals surface area contributed by atoms with E-state index in [4.69, 9.17) is 18.4 Å². The van der Waals surface area contributed by atoms with Gasteiger partial charge in [0.1, 0.15) is 6.29 Å². The van der Waals surface area contributed by atoms with Crippen LogP contribution in [0.5, 0.6) is 0 Å². The minimum absolute atomic E-state index is 0.548. The van der Waals surface area contributed by atoms with Gasteiger partial charge < -0.3 is 18.4 Å². The van der Waals surface area contributed by atoms with E-state index < -0.39 is 15.1 Å². The SMILES string of the molecule is CCO[Si](CC)(OCC)OC(C)O. The third-order valence-corrected chi connectivity index (χ3v) is 4.53. The molecule has 0 saturated carbocycles. The van der Waals surface area contributed by atoms with Gasteiger partial charge in [-0.05, 0) is 20.8 Å². The number of aliphatic hydroxyl groups excluding tert-OH is 1. The molecule has 4 nitrogen and oxygen atoms in total. The van der Waals surface area contributed by atoms with Crippen LogP contribution in [0.3, 0.4) is 0 Å². The highest BCUT2D eigenvalue weighted by Gasteiger charge is 2.39. The van der Waals surface area contributed by atoms with Crippen LogP contribution in [0.4, 0.5) is 0 Å². The molecular weight excluding hydrogens is 188 g/mol. The average molecular weight is 208 g/mol. The summed E-state index contributed by atoms with van der Waals surface area (Å²) in [4.78, 5) is 0. The lowest BCUT2D eigenvalue weighted by molar-refractivity contribution is -0.0640. The molecule has 5 heteroatoms. The van der Waals surface area contributed by atoms with Gasteiger partial charge in [0.2, 0.25) is 0 Å². The smallest absolute Gasteiger partial charge is 0.374 e. The van der Waals surface area contributed by atoms with Crippen LogP contribution in [-0.4, -0.2) is 33.4 Å². The van der Waals surface area contributed by atoms with Gasteiger partial charge >= 0.3 is 8.80 Å². The van der Waals surface area contributed by atoms with E-state index in [1.807, 2.05) is 20.8 Å². The molecule has 0 aromatic rings. The van der Waals surface area contributed by atoms with Crippen molar-refractivity contribution < 1.29 is 18.4 Å². The second kappa shape index (κ2) is 6.50. The molecule has 0 aliphatic carbocycles. The van der Waals surface area contributed by atoms with E-state index in [9.17, 15) is 0 Å². The van der Waals surface area contributed by atoms with Crippen molar-refractivity contribution in [3.8, 4) is 0 Å². The summed E-state index contributed by atoms with van der Waals surface area (Å²) in [5, 5.41) is 9.12. The summed E-state index contributed by atoms with van der Waals surface area (Å²) in [6.07, 6.45) is -0.829. The van der Waals surface area contributed by atoms with E-state index in [2.05, 4.69) is 0 Å². The summed E-state index contributed by atoms with van der Waals surface area (Å²) in [5.74, 6) is 0. The van der Waals surface area contributed by atoms with Crippen molar-refractivity contribution in [1.29, 1.82) is 0 Å². The fourth-order valence-corrected chi connectivity index (χ4v) is 3.29. The van der Waals surface area contributed by atoms with Gasteiger partial charge in [-0.3, -0.25) is 0 Å². The van der Waals surface area contributed by atoms with Crippen LogP contribution >= 0.6 is 0 Å². The van der Waals surface area contributed by atoms with Crippen molar-refractivity contribution in [3.05, 3.63) is 0 Å². The van der Waals surface area contributed by atoms with Crippen LogP contribution in [0.25, 0.3) is 0 Å². The molecule has 0 saturated heterocycles. The molecule has 0 aliphatic rings. The Kier molecular flexibility index (Phi) is 6.53. The predicted octanol–water partition coefficient (Wildman–Crippen LogP) is 1.37. The number of hydrogen-bond donors (Lipinski definition) is 1. The maximum atomic E-state index is 9.12. The fraction of sp³-hybridized carbons (Fsp3) is 1.00. The highest BCUT2D eigenvalue weighted by Crippen LogP contribution is 2.16. The van der Waals surface area contributed by atoms with E-state index >= 15 is 0 Å². The van der Waals surface area contributed by atoms with Gasteiger partial charge in [0.05, 0.1) is 0 Å². The van der Waals surface area contributed by atoms with Gasteiger partial charge in [-0.25, -0.2) is 0 Å². The molecule has 1 unspecified atom stereocenters. The minimum atomic E-state index is -2.58. The first kappa shape index (κ1) is 13.1. The summed E-state index contributed by atoms with van der Waals surface area (Å²) < 4.78 is 16.2. The molecule has 0 heterocycles. The molecule has 80 valence electrons. The molecule has 13 heavy (non-hydrogen) atoms. The number of rotatable bonds is 7. The van der Waals surface area contributed by atoms with E-state index in [1.54, 1.807) is 6.92 Å². The molecule has 0 spiro atoms. The van der Waals surface area contributed by atoms with Crippen LogP contribution in [-0.2, 0) is 13.3 Å². The van der Waals surface area contributed by atoms with Crippen LogP contribution in [0.15, 0.2) is 0 Å². The number of hydrogen-bond acceptors (Lipinski definition) is 4. The molecule has 1 atom stereocenters. The van der Waals surface area contributed by atoms with Crippen LogP contribution < -0.4 is 0 Å². The van der Waals surface area contributed by atoms with E-state index in [1.165, 1.54) is 0 Å². The molecule has 0 amide bonds. The van der Waals surface area contributed by atoms with Gasteiger partial charge in [-0.15, -0.1) is 0 Å². The average Bonchev–Trinajstić information content (AvgIpc) is 2.04. The van der Waals surface area contributed by atoms with Gasteiger partial charge in [0, 0.05) is 19.3 Å². The molecule has 0 fully saturated rings. The zero-order valence-corrected chi connectivity index (χ0v) is 9.87. The maximum absolute atomic E-state index is 9.12. The predicted molar refractivity (Wildman–Crippen MR) is 52.3 cm³/mol. The molecule has 0 rings (SSSR count). The third-order valence-electron chi connectivity index (χ3n) is 1.51. The van der Waals surface area contributed by atoms with Crippen LogP contribution in [0.1, 0.15) is 27.7 Å². The second-order valence-corrected chi connectivity index (χ2v) is 5.51. The topological polar surface area (TPSA) is 47.9 Å². The molecule has 1 N–H and O–H groups in total. The minimum Gasteiger partial charge on any atom is -0.374 e. The summed E-state index contributed by atoms with van der Waals surface area (Å²) >= 11 is 0. The largest absolute Gasteiger partial charge is 0.502 e. The van der Waals surface area contributed by atoms with Gasteiger partial charge in [-0.1, -0.05) is 6.92 Å². The Balaban J connectivity index is 4.24. The Hall–Kier alpha value is 0.0569. The van der Waals surface area contributed by atoms with Crippen molar-refractivity contribution in [1.82, 2.24) is 0 Å². The quantitative estimate of drug-likeness (QED) is 0.507. The first-order valence-electron chi connectivity index (χ1n) is 4.74. The summed E-state index contributed by atoms with van der Waals surface area (Å²) in [7, 11) is -2.58. The molecular formula is C8H20O4Si. The van der Waals surface area contributed by atoms with E-state index in [0.717, 1.165) is 0 Å². The standard InChI is InChI=1S/C8H20O4Si/c1-5-10-13(7-3,11-6-2)12-8(4)9/h8-9H,5-7H2,1-4H3. The molecule has 0 aromatic carbocycles. The highest BCUT2D eigenvalue weighted by molar-refractivity contribution is 6.60. The molecule has 0 aliphatic heterocycles. The lowest BCUT2D eigenvalue weighted by Crippen LogP contribution is -2.47. The number of aliphatic hydroxyl groups is 1.